The van der Waals surface area contributed by atoms with Crippen molar-refractivity contribution in [2.75, 3.05) is 19.6 Å². The lowest BCUT2D eigenvalue weighted by Gasteiger charge is -2.35. The van der Waals surface area contributed by atoms with Crippen molar-refractivity contribution < 1.29 is 14.0 Å². The lowest BCUT2D eigenvalue weighted by Crippen LogP contribution is -2.49. The van der Waals surface area contributed by atoms with E-state index in [1.54, 1.807) is 12.1 Å². The number of rotatable bonds is 5. The van der Waals surface area contributed by atoms with Gasteiger partial charge in [-0.15, -0.1) is 11.3 Å². The summed E-state index contributed by atoms with van der Waals surface area (Å²) in [7, 11) is 0. The number of thiophene rings is 1. The molecule has 1 aliphatic rings. The average molecular weight is 363 g/mol. The summed E-state index contributed by atoms with van der Waals surface area (Å²) in [5, 5.41) is 3.61. The molecule has 1 aromatic heterocycles. The summed E-state index contributed by atoms with van der Waals surface area (Å²) in [5.74, 6) is -0.431. The molecule has 25 heavy (non-hydrogen) atoms. The number of nitrogens with zero attached hydrogens (tertiary/aromatic N) is 1. The number of fused-ring (bicyclic) bond motifs is 1. The van der Waals surface area contributed by atoms with Crippen LogP contribution in [0, 0.1) is 5.82 Å². The van der Waals surface area contributed by atoms with Gasteiger partial charge >= 0.3 is 0 Å². The Morgan fingerprint density at radius 1 is 1.32 bits per heavy atom. The molecule has 2 aromatic rings. The van der Waals surface area contributed by atoms with Gasteiger partial charge < -0.3 is 16.0 Å². The number of halogens is 1. The summed E-state index contributed by atoms with van der Waals surface area (Å²) >= 11 is 1.38. The van der Waals surface area contributed by atoms with Gasteiger partial charge in [-0.3, -0.25) is 9.59 Å². The first-order chi connectivity index (χ1) is 12.1. The zero-order valence-electron chi connectivity index (χ0n) is 14.0. The molecule has 134 valence electrons. The zero-order chi connectivity index (χ0) is 17.8. The number of nitrogens with two attached hydrogens (primary N) is 1. The van der Waals surface area contributed by atoms with Gasteiger partial charge in [-0.25, -0.2) is 4.39 Å². The second-order valence-corrected chi connectivity index (χ2v) is 7.37. The largest absolute Gasteiger partial charge is 0.354 e. The second-order valence-electron chi connectivity index (χ2n) is 6.28. The molecule has 1 saturated heterocycles. The average Bonchev–Trinajstić information content (AvgIpc) is 3.03. The Kier molecular flexibility index (Phi) is 5.65. The van der Waals surface area contributed by atoms with Crippen molar-refractivity contribution in [1.82, 2.24) is 10.2 Å². The summed E-state index contributed by atoms with van der Waals surface area (Å²) in [6.45, 7) is 1.44. The first kappa shape index (κ1) is 17.8. The topological polar surface area (TPSA) is 75.4 Å². The monoisotopic (exact) mass is 363 g/mol. The van der Waals surface area contributed by atoms with E-state index in [1.807, 2.05) is 4.90 Å². The maximum absolute atomic E-state index is 13.4. The van der Waals surface area contributed by atoms with Crippen molar-refractivity contribution in [2.45, 2.75) is 31.7 Å². The highest BCUT2D eigenvalue weighted by Crippen LogP contribution is 2.29. The second kappa shape index (κ2) is 7.93. The highest BCUT2D eigenvalue weighted by atomic mass is 32.1. The molecule has 2 heterocycles. The number of carbonyl (C=O) groups excluding carboxylic acids is 2. The van der Waals surface area contributed by atoms with E-state index in [9.17, 15) is 14.0 Å². The van der Waals surface area contributed by atoms with Crippen LogP contribution in [0.1, 0.15) is 35.4 Å². The number of hydrogen-bond acceptors (Lipinski definition) is 4. The summed E-state index contributed by atoms with van der Waals surface area (Å²) in [4.78, 5) is 27.1. The van der Waals surface area contributed by atoms with Crippen LogP contribution < -0.4 is 11.1 Å². The standard InChI is InChI=1S/C18H22FN3O2S/c19-13-4-5-15-12(9-13)10-16(25-15)18(24)22-8-2-1-3-14(22)11-21-17(23)6-7-20/h4-5,9-10,14H,1-3,6-8,11,20H2,(H,21,23). The predicted octanol–water partition coefficient (Wildman–Crippen LogP) is 2.50. The van der Waals surface area contributed by atoms with Crippen molar-refractivity contribution >= 4 is 33.2 Å². The normalized spacial score (nSPS) is 17.7. The van der Waals surface area contributed by atoms with Crippen LogP contribution in [0.4, 0.5) is 4.39 Å². The Labute approximate surface area is 150 Å². The van der Waals surface area contributed by atoms with Gasteiger partial charge in [-0.1, -0.05) is 0 Å². The van der Waals surface area contributed by atoms with E-state index in [4.69, 9.17) is 5.73 Å². The smallest absolute Gasteiger partial charge is 0.264 e. The Hall–Kier alpha value is -1.99. The molecule has 0 radical (unpaired) electrons. The van der Waals surface area contributed by atoms with E-state index in [-0.39, 0.29) is 23.7 Å². The molecule has 0 bridgehead atoms. The van der Waals surface area contributed by atoms with Gasteiger partial charge in [-0.2, -0.15) is 0 Å². The van der Waals surface area contributed by atoms with Gasteiger partial charge in [0.05, 0.1) is 4.88 Å². The van der Waals surface area contributed by atoms with Crippen LogP contribution in [-0.2, 0) is 4.79 Å². The van der Waals surface area contributed by atoms with Crippen molar-refractivity contribution in [3.8, 4) is 0 Å². The van der Waals surface area contributed by atoms with Crippen LogP contribution in [0.5, 0.6) is 0 Å². The fraction of sp³-hybridized carbons (Fsp3) is 0.444. The summed E-state index contributed by atoms with van der Waals surface area (Å²) in [6, 6.07) is 6.30. The highest BCUT2D eigenvalue weighted by molar-refractivity contribution is 7.20. The molecule has 0 saturated carbocycles. The van der Waals surface area contributed by atoms with Crippen molar-refractivity contribution in [3.05, 3.63) is 35.0 Å². The van der Waals surface area contributed by atoms with Crippen LogP contribution in [0.3, 0.4) is 0 Å². The van der Waals surface area contributed by atoms with Crippen LogP contribution in [0.25, 0.3) is 10.1 Å². The fourth-order valence-electron chi connectivity index (χ4n) is 3.19. The third kappa shape index (κ3) is 4.16. The fourth-order valence-corrected chi connectivity index (χ4v) is 4.19. The van der Waals surface area contributed by atoms with Gasteiger partial charge in [0, 0.05) is 36.8 Å². The van der Waals surface area contributed by atoms with Crippen molar-refractivity contribution in [1.29, 1.82) is 0 Å². The van der Waals surface area contributed by atoms with Crippen LogP contribution in [0.15, 0.2) is 24.3 Å². The Morgan fingerprint density at radius 3 is 2.96 bits per heavy atom. The lowest BCUT2D eigenvalue weighted by atomic mass is 10.0. The molecular formula is C18H22FN3O2S. The summed E-state index contributed by atoms with van der Waals surface area (Å²) in [5.41, 5.74) is 5.39. The zero-order valence-corrected chi connectivity index (χ0v) is 14.8. The van der Waals surface area contributed by atoms with E-state index >= 15 is 0 Å². The van der Waals surface area contributed by atoms with E-state index in [0.717, 1.165) is 29.3 Å². The molecule has 3 N–H and O–H groups in total. The SMILES string of the molecule is NCCC(=O)NCC1CCCCN1C(=O)c1cc2cc(F)ccc2s1. The molecule has 0 aliphatic carbocycles. The number of nitrogens with one attached hydrogen (secondary N) is 1. The Balaban J connectivity index is 1.74. The Bertz CT molecular complexity index is 777. The Morgan fingerprint density at radius 2 is 2.16 bits per heavy atom. The van der Waals surface area contributed by atoms with Crippen LogP contribution in [-0.4, -0.2) is 42.4 Å². The van der Waals surface area contributed by atoms with Crippen LogP contribution >= 0.6 is 11.3 Å². The summed E-state index contributed by atoms with van der Waals surface area (Å²) < 4.78 is 14.3. The molecule has 3 rings (SSSR count). The molecule has 1 aliphatic heterocycles. The molecular weight excluding hydrogens is 341 g/mol. The maximum Gasteiger partial charge on any atom is 0.264 e. The molecule has 1 aromatic carbocycles. The van der Waals surface area contributed by atoms with Gasteiger partial charge in [0.1, 0.15) is 5.82 Å². The van der Waals surface area contributed by atoms with E-state index in [1.165, 1.54) is 23.5 Å². The van der Waals surface area contributed by atoms with E-state index in [0.29, 0.717) is 30.9 Å². The van der Waals surface area contributed by atoms with Crippen LogP contribution in [0.2, 0.25) is 0 Å². The third-order valence-electron chi connectivity index (χ3n) is 4.48. The minimum absolute atomic E-state index is 0.00933. The van der Waals surface area contributed by atoms with Crippen molar-refractivity contribution in [2.24, 2.45) is 5.73 Å². The van der Waals surface area contributed by atoms with Crippen molar-refractivity contribution in [3.63, 3.8) is 0 Å². The number of piperidine rings is 1. The quantitative estimate of drug-likeness (QED) is 0.857. The third-order valence-corrected chi connectivity index (χ3v) is 5.59. The number of hydrogen-bond donors (Lipinski definition) is 2. The molecule has 1 unspecified atom stereocenters. The molecule has 0 spiro atoms. The minimum atomic E-state index is -0.303. The molecule has 7 heteroatoms. The number of amides is 2. The first-order valence-corrected chi connectivity index (χ1v) is 9.37. The minimum Gasteiger partial charge on any atom is -0.354 e. The number of carbonyl (C=O) groups is 2. The van der Waals surface area contributed by atoms with Gasteiger partial charge in [0.25, 0.3) is 5.91 Å². The number of benzene rings is 1. The molecule has 2 amide bonds. The first-order valence-electron chi connectivity index (χ1n) is 8.55. The maximum atomic E-state index is 13.4. The van der Waals surface area contributed by atoms with Gasteiger partial charge in [0.15, 0.2) is 0 Å². The van der Waals surface area contributed by atoms with E-state index < -0.39 is 0 Å². The van der Waals surface area contributed by atoms with Gasteiger partial charge in [0.2, 0.25) is 5.91 Å². The highest BCUT2D eigenvalue weighted by Gasteiger charge is 2.28. The molecule has 5 nitrogen and oxygen atoms in total. The molecule has 1 fully saturated rings. The number of likely N-dealkylation sites (tertiary alicyclic amines) is 1. The summed E-state index contributed by atoms with van der Waals surface area (Å²) in [6.07, 6.45) is 3.16. The van der Waals surface area contributed by atoms with E-state index in [2.05, 4.69) is 5.32 Å². The van der Waals surface area contributed by atoms with Gasteiger partial charge in [-0.05, 0) is 48.9 Å². The lowest BCUT2D eigenvalue weighted by molar-refractivity contribution is -0.121. The molecule has 1 atom stereocenters. The predicted molar refractivity (Wildman–Crippen MR) is 97.1 cm³/mol.